The lowest BCUT2D eigenvalue weighted by atomic mass is 9.77. The van der Waals surface area contributed by atoms with Crippen molar-refractivity contribution in [3.8, 4) is 0 Å². The molecule has 2 saturated carbocycles. The number of aliphatic hydroxyl groups excluding tert-OH is 1. The first-order valence-electron chi connectivity index (χ1n) is 6.13. The van der Waals surface area contributed by atoms with E-state index in [-0.39, 0.29) is 5.54 Å². The van der Waals surface area contributed by atoms with Gasteiger partial charge in [0.05, 0.1) is 0 Å². The van der Waals surface area contributed by atoms with Crippen molar-refractivity contribution in [2.24, 2.45) is 11.8 Å². The van der Waals surface area contributed by atoms with E-state index < -0.39 is 0 Å². The van der Waals surface area contributed by atoms with Crippen molar-refractivity contribution in [2.75, 3.05) is 13.7 Å². The van der Waals surface area contributed by atoms with Crippen molar-refractivity contribution >= 4 is 0 Å². The molecule has 2 rings (SSSR count). The lowest BCUT2D eigenvalue weighted by Gasteiger charge is -2.39. The minimum Gasteiger partial charge on any atom is -0.396 e. The van der Waals surface area contributed by atoms with E-state index in [4.69, 9.17) is 0 Å². The molecule has 0 spiro atoms. The molecule has 0 bridgehead atoms. The lowest BCUT2D eigenvalue weighted by Crippen LogP contribution is -2.51. The summed E-state index contributed by atoms with van der Waals surface area (Å²) in [5.41, 5.74) is 0.283. The van der Waals surface area contributed by atoms with Crippen LogP contribution < -0.4 is 5.32 Å². The van der Waals surface area contributed by atoms with Gasteiger partial charge in [-0.2, -0.15) is 0 Å². The fourth-order valence-electron chi connectivity index (χ4n) is 3.83. The summed E-state index contributed by atoms with van der Waals surface area (Å²) in [4.78, 5) is 0. The zero-order valence-corrected chi connectivity index (χ0v) is 9.26. The van der Waals surface area contributed by atoms with Gasteiger partial charge in [0, 0.05) is 18.1 Å². The van der Waals surface area contributed by atoms with Gasteiger partial charge in [-0.3, -0.25) is 0 Å². The lowest BCUT2D eigenvalue weighted by molar-refractivity contribution is 0.119. The second-order valence-electron chi connectivity index (χ2n) is 5.04. The number of aliphatic hydroxyl groups is 1. The van der Waals surface area contributed by atoms with Crippen LogP contribution in [-0.2, 0) is 0 Å². The third-order valence-electron chi connectivity index (χ3n) is 4.65. The second-order valence-corrected chi connectivity index (χ2v) is 5.04. The van der Waals surface area contributed by atoms with Crippen molar-refractivity contribution in [3.63, 3.8) is 0 Å². The molecule has 0 heterocycles. The Morgan fingerprint density at radius 2 is 2.07 bits per heavy atom. The highest BCUT2D eigenvalue weighted by atomic mass is 16.3. The molecule has 2 aliphatic rings. The van der Waals surface area contributed by atoms with Crippen molar-refractivity contribution in [2.45, 2.75) is 50.5 Å². The Hall–Kier alpha value is -0.0800. The number of hydrogen-bond donors (Lipinski definition) is 2. The standard InChI is InChI=1S/C12H23NO/c1-13-12-8-4-2-3-5-10(12)6-7-11(12)9-14/h10-11,13-14H,2-9H2,1H3. The highest BCUT2D eigenvalue weighted by Gasteiger charge is 2.48. The van der Waals surface area contributed by atoms with Gasteiger partial charge in [0.2, 0.25) is 0 Å². The molecule has 14 heavy (non-hydrogen) atoms. The molecule has 2 heteroatoms. The Labute approximate surface area is 87.1 Å². The van der Waals surface area contributed by atoms with Crippen LogP contribution in [0, 0.1) is 11.8 Å². The first-order valence-corrected chi connectivity index (χ1v) is 6.13. The van der Waals surface area contributed by atoms with E-state index in [1.54, 1.807) is 0 Å². The molecular formula is C12H23NO. The normalized spacial score (nSPS) is 43.3. The highest BCUT2D eigenvalue weighted by molar-refractivity contribution is 5.04. The average Bonchev–Trinajstić information content (AvgIpc) is 2.43. The van der Waals surface area contributed by atoms with Crippen LogP contribution in [-0.4, -0.2) is 24.3 Å². The molecule has 3 unspecified atom stereocenters. The van der Waals surface area contributed by atoms with E-state index in [0.717, 1.165) is 5.92 Å². The van der Waals surface area contributed by atoms with E-state index in [9.17, 15) is 5.11 Å². The topological polar surface area (TPSA) is 32.3 Å². The summed E-state index contributed by atoms with van der Waals surface area (Å²) in [5, 5.41) is 13.0. The van der Waals surface area contributed by atoms with Gasteiger partial charge in [-0.1, -0.05) is 19.3 Å². The molecule has 0 amide bonds. The molecule has 0 aromatic rings. The van der Waals surface area contributed by atoms with Crippen molar-refractivity contribution in [3.05, 3.63) is 0 Å². The molecule has 2 fully saturated rings. The summed E-state index contributed by atoms with van der Waals surface area (Å²) in [5.74, 6) is 1.34. The summed E-state index contributed by atoms with van der Waals surface area (Å²) in [6.45, 7) is 0.372. The predicted octanol–water partition coefficient (Wildman–Crippen LogP) is 1.93. The first kappa shape index (κ1) is 10.4. The second kappa shape index (κ2) is 4.19. The maximum Gasteiger partial charge on any atom is 0.0477 e. The summed E-state index contributed by atoms with van der Waals surface area (Å²) in [7, 11) is 2.09. The predicted molar refractivity (Wildman–Crippen MR) is 58.2 cm³/mol. The smallest absolute Gasteiger partial charge is 0.0477 e. The summed E-state index contributed by atoms with van der Waals surface area (Å²) in [6.07, 6.45) is 9.32. The average molecular weight is 197 g/mol. The van der Waals surface area contributed by atoms with Crippen LogP contribution in [0.4, 0.5) is 0 Å². The van der Waals surface area contributed by atoms with Crippen LogP contribution in [0.15, 0.2) is 0 Å². The SMILES string of the molecule is CNC12CCCCCC1CCC2CO. The largest absolute Gasteiger partial charge is 0.396 e. The van der Waals surface area contributed by atoms with Gasteiger partial charge in [-0.15, -0.1) is 0 Å². The molecule has 0 aromatic carbocycles. The van der Waals surface area contributed by atoms with E-state index in [0.29, 0.717) is 12.5 Å². The maximum absolute atomic E-state index is 9.45. The van der Waals surface area contributed by atoms with Gasteiger partial charge in [-0.25, -0.2) is 0 Å². The van der Waals surface area contributed by atoms with Crippen LogP contribution in [0.5, 0.6) is 0 Å². The molecule has 0 saturated heterocycles. The van der Waals surface area contributed by atoms with E-state index >= 15 is 0 Å². The zero-order chi connectivity index (χ0) is 10.0. The molecular weight excluding hydrogens is 174 g/mol. The van der Waals surface area contributed by atoms with Gasteiger partial charge in [0.25, 0.3) is 0 Å². The molecule has 82 valence electrons. The van der Waals surface area contributed by atoms with Crippen molar-refractivity contribution in [1.82, 2.24) is 5.32 Å². The third kappa shape index (κ3) is 1.49. The van der Waals surface area contributed by atoms with Gasteiger partial charge in [0.15, 0.2) is 0 Å². The molecule has 0 radical (unpaired) electrons. The number of fused-ring (bicyclic) bond motifs is 1. The first-order chi connectivity index (χ1) is 6.83. The molecule has 0 aromatic heterocycles. The van der Waals surface area contributed by atoms with E-state index in [2.05, 4.69) is 12.4 Å². The highest BCUT2D eigenvalue weighted by Crippen LogP contribution is 2.47. The van der Waals surface area contributed by atoms with Crippen LogP contribution in [0.3, 0.4) is 0 Å². The van der Waals surface area contributed by atoms with Crippen LogP contribution in [0.25, 0.3) is 0 Å². The van der Waals surface area contributed by atoms with Crippen LogP contribution >= 0.6 is 0 Å². The Kier molecular flexibility index (Phi) is 3.13. The number of nitrogens with one attached hydrogen (secondary N) is 1. The molecule has 3 atom stereocenters. The monoisotopic (exact) mass is 197 g/mol. The Morgan fingerprint density at radius 3 is 2.79 bits per heavy atom. The molecule has 2 nitrogen and oxygen atoms in total. The fourth-order valence-corrected chi connectivity index (χ4v) is 3.83. The number of hydrogen-bond acceptors (Lipinski definition) is 2. The van der Waals surface area contributed by atoms with Crippen molar-refractivity contribution in [1.29, 1.82) is 0 Å². The molecule has 2 aliphatic carbocycles. The van der Waals surface area contributed by atoms with Gasteiger partial charge in [0.1, 0.15) is 0 Å². The fraction of sp³-hybridized carbons (Fsp3) is 1.00. The van der Waals surface area contributed by atoms with Gasteiger partial charge < -0.3 is 10.4 Å². The van der Waals surface area contributed by atoms with E-state index in [1.165, 1.54) is 44.9 Å². The molecule has 2 N–H and O–H groups in total. The minimum atomic E-state index is 0.283. The number of rotatable bonds is 2. The van der Waals surface area contributed by atoms with Gasteiger partial charge in [-0.05, 0) is 38.6 Å². The summed E-state index contributed by atoms with van der Waals surface area (Å²) >= 11 is 0. The third-order valence-corrected chi connectivity index (χ3v) is 4.65. The van der Waals surface area contributed by atoms with Gasteiger partial charge >= 0.3 is 0 Å². The Morgan fingerprint density at radius 1 is 1.21 bits per heavy atom. The Balaban J connectivity index is 2.19. The summed E-state index contributed by atoms with van der Waals surface area (Å²) in [6, 6.07) is 0. The quantitative estimate of drug-likeness (QED) is 0.709. The van der Waals surface area contributed by atoms with Crippen molar-refractivity contribution < 1.29 is 5.11 Å². The zero-order valence-electron chi connectivity index (χ0n) is 9.26. The minimum absolute atomic E-state index is 0.283. The van der Waals surface area contributed by atoms with Crippen LogP contribution in [0.1, 0.15) is 44.9 Å². The maximum atomic E-state index is 9.45. The Bertz CT molecular complexity index is 195. The molecule has 0 aliphatic heterocycles. The summed E-state index contributed by atoms with van der Waals surface area (Å²) < 4.78 is 0. The van der Waals surface area contributed by atoms with Crippen LogP contribution in [0.2, 0.25) is 0 Å². The van der Waals surface area contributed by atoms with E-state index in [1.807, 2.05) is 0 Å².